The highest BCUT2D eigenvalue weighted by molar-refractivity contribution is 7.92. The van der Waals surface area contributed by atoms with Gasteiger partial charge in [-0.1, -0.05) is 108 Å². The van der Waals surface area contributed by atoms with Crippen molar-refractivity contribution in [2.45, 2.75) is 62.6 Å². The van der Waals surface area contributed by atoms with Crippen LogP contribution < -0.4 is 9.62 Å². The SMILES string of the molecule is Cc1ccc(N(CC(=O)N(Cc2c(Cl)cccc2Cl)[C@H](Cc2ccccc2)C(=O)NC2CCCC2)S(=O)(=O)c2ccccc2)cc1Cl. The van der Waals surface area contributed by atoms with Crippen LogP contribution in [0.4, 0.5) is 5.69 Å². The summed E-state index contributed by atoms with van der Waals surface area (Å²) in [5.41, 5.74) is 2.25. The number of hydrogen-bond acceptors (Lipinski definition) is 4. The van der Waals surface area contributed by atoms with Crippen LogP contribution in [0.3, 0.4) is 0 Å². The zero-order valence-corrected chi connectivity index (χ0v) is 29.0. The first-order chi connectivity index (χ1) is 22.5. The lowest BCUT2D eigenvalue weighted by Gasteiger charge is -2.34. The number of aryl methyl sites for hydroxylation is 1. The first-order valence-electron chi connectivity index (χ1n) is 15.4. The van der Waals surface area contributed by atoms with Crippen molar-refractivity contribution in [3.8, 4) is 0 Å². The normalized spacial score (nSPS) is 14.0. The molecule has 0 saturated heterocycles. The summed E-state index contributed by atoms with van der Waals surface area (Å²) in [7, 11) is -4.25. The van der Waals surface area contributed by atoms with Crippen molar-refractivity contribution >= 4 is 62.3 Å². The molecule has 0 aliphatic heterocycles. The minimum absolute atomic E-state index is 0.00464. The highest BCUT2D eigenvalue weighted by atomic mass is 35.5. The van der Waals surface area contributed by atoms with Crippen molar-refractivity contribution < 1.29 is 18.0 Å². The third kappa shape index (κ3) is 8.49. The standard InChI is InChI=1S/C36H36Cl3N3O4S/c1-25-19-20-28(22-33(25)39)42(47(45,46)29-15-6-3-7-16-29)24-35(43)41(23-30-31(37)17-10-18-32(30)38)34(21-26-11-4-2-5-12-26)36(44)40-27-13-8-9-14-27/h2-7,10-12,15-20,22,27,34H,8-9,13-14,21,23-24H2,1H3,(H,40,44)/t34-/m1/s1. The smallest absolute Gasteiger partial charge is 0.264 e. The molecule has 1 N–H and O–H groups in total. The molecule has 0 heterocycles. The van der Waals surface area contributed by atoms with Gasteiger partial charge in [-0.05, 0) is 67.3 Å². The summed E-state index contributed by atoms with van der Waals surface area (Å²) in [4.78, 5) is 30.2. The fourth-order valence-corrected chi connectivity index (χ4v) is 7.88. The maximum absolute atomic E-state index is 14.7. The second-order valence-corrected chi connectivity index (χ2v) is 14.8. The zero-order valence-electron chi connectivity index (χ0n) is 25.9. The molecule has 246 valence electrons. The lowest BCUT2D eigenvalue weighted by atomic mass is 10.0. The summed E-state index contributed by atoms with van der Waals surface area (Å²) in [6, 6.07) is 26.1. The molecule has 4 aromatic carbocycles. The van der Waals surface area contributed by atoms with E-state index in [4.69, 9.17) is 34.8 Å². The van der Waals surface area contributed by atoms with Gasteiger partial charge >= 0.3 is 0 Å². The zero-order chi connectivity index (χ0) is 33.6. The number of amides is 2. The predicted molar refractivity (Wildman–Crippen MR) is 189 cm³/mol. The Bertz CT molecular complexity index is 1800. The molecule has 11 heteroatoms. The van der Waals surface area contributed by atoms with Gasteiger partial charge in [-0.25, -0.2) is 8.42 Å². The molecular formula is C36H36Cl3N3O4S. The van der Waals surface area contributed by atoms with E-state index in [0.717, 1.165) is 41.1 Å². The van der Waals surface area contributed by atoms with Crippen molar-refractivity contribution in [2.75, 3.05) is 10.8 Å². The Labute approximate surface area is 291 Å². The molecule has 5 rings (SSSR count). The number of rotatable bonds is 12. The lowest BCUT2D eigenvalue weighted by Crippen LogP contribution is -2.54. The van der Waals surface area contributed by atoms with Gasteiger partial charge in [0, 0.05) is 39.6 Å². The Morgan fingerprint density at radius 2 is 1.45 bits per heavy atom. The van der Waals surface area contributed by atoms with Crippen molar-refractivity contribution in [3.05, 3.63) is 129 Å². The Morgan fingerprint density at radius 3 is 2.06 bits per heavy atom. The molecule has 0 unspecified atom stereocenters. The summed E-state index contributed by atoms with van der Waals surface area (Å²) in [5, 5.41) is 4.15. The van der Waals surface area contributed by atoms with E-state index < -0.39 is 28.5 Å². The van der Waals surface area contributed by atoms with E-state index in [1.165, 1.54) is 23.1 Å². The number of halogens is 3. The van der Waals surface area contributed by atoms with E-state index in [0.29, 0.717) is 20.6 Å². The second kappa shape index (κ2) is 15.6. The van der Waals surface area contributed by atoms with E-state index >= 15 is 0 Å². The summed E-state index contributed by atoms with van der Waals surface area (Å²) < 4.78 is 29.4. The maximum Gasteiger partial charge on any atom is 0.264 e. The van der Waals surface area contributed by atoms with Gasteiger partial charge in [0.15, 0.2) is 0 Å². The number of carbonyl (C=O) groups is 2. The largest absolute Gasteiger partial charge is 0.352 e. The Balaban J connectivity index is 1.60. The number of anilines is 1. The number of nitrogens with one attached hydrogen (secondary N) is 1. The summed E-state index contributed by atoms with van der Waals surface area (Å²) in [6.45, 7) is 1.07. The number of sulfonamides is 1. The molecule has 2 amide bonds. The monoisotopic (exact) mass is 711 g/mol. The molecule has 0 spiro atoms. The highest BCUT2D eigenvalue weighted by Gasteiger charge is 2.36. The highest BCUT2D eigenvalue weighted by Crippen LogP contribution is 2.31. The Kier molecular flexibility index (Phi) is 11.5. The van der Waals surface area contributed by atoms with E-state index in [-0.39, 0.29) is 35.5 Å². The molecule has 1 aliphatic carbocycles. The number of nitrogens with zero attached hydrogens (tertiary/aromatic N) is 2. The Hall–Kier alpha value is -3.56. The summed E-state index contributed by atoms with van der Waals surface area (Å²) in [6.07, 6.45) is 3.92. The van der Waals surface area contributed by atoms with E-state index in [9.17, 15) is 18.0 Å². The fraction of sp³-hybridized carbons (Fsp3) is 0.278. The van der Waals surface area contributed by atoms with Crippen LogP contribution in [0, 0.1) is 6.92 Å². The first kappa shape index (κ1) is 34.8. The van der Waals surface area contributed by atoms with Crippen LogP contribution in [-0.2, 0) is 32.6 Å². The fourth-order valence-electron chi connectivity index (χ4n) is 5.76. The molecule has 1 saturated carbocycles. The number of benzene rings is 4. The Morgan fingerprint density at radius 1 is 0.830 bits per heavy atom. The lowest BCUT2D eigenvalue weighted by molar-refractivity contribution is -0.140. The van der Waals surface area contributed by atoms with Crippen LogP contribution in [-0.4, -0.2) is 43.8 Å². The van der Waals surface area contributed by atoms with Crippen LogP contribution in [0.1, 0.15) is 42.4 Å². The minimum atomic E-state index is -4.25. The molecule has 1 fully saturated rings. The molecule has 0 radical (unpaired) electrons. The molecule has 1 atom stereocenters. The molecule has 1 aliphatic rings. The summed E-state index contributed by atoms with van der Waals surface area (Å²) >= 11 is 19.7. The van der Waals surface area contributed by atoms with Gasteiger partial charge in [-0.2, -0.15) is 0 Å². The number of hydrogen-bond donors (Lipinski definition) is 1. The summed E-state index contributed by atoms with van der Waals surface area (Å²) in [5.74, 6) is -0.937. The predicted octanol–water partition coefficient (Wildman–Crippen LogP) is 7.85. The number of carbonyl (C=O) groups excluding carboxylic acids is 2. The maximum atomic E-state index is 14.7. The van der Waals surface area contributed by atoms with Crippen LogP contribution >= 0.6 is 34.8 Å². The molecule has 7 nitrogen and oxygen atoms in total. The third-order valence-electron chi connectivity index (χ3n) is 8.42. The average molecular weight is 713 g/mol. The van der Waals surface area contributed by atoms with E-state index in [2.05, 4.69) is 5.32 Å². The van der Waals surface area contributed by atoms with E-state index in [1.54, 1.807) is 55.5 Å². The van der Waals surface area contributed by atoms with Crippen LogP contribution in [0.15, 0.2) is 102 Å². The van der Waals surface area contributed by atoms with Crippen molar-refractivity contribution in [1.82, 2.24) is 10.2 Å². The molecule has 0 bridgehead atoms. The molecule has 4 aromatic rings. The van der Waals surface area contributed by atoms with Gasteiger partial charge in [-0.15, -0.1) is 0 Å². The topological polar surface area (TPSA) is 86.8 Å². The van der Waals surface area contributed by atoms with Gasteiger partial charge in [0.1, 0.15) is 12.6 Å². The van der Waals surface area contributed by atoms with Gasteiger partial charge in [0.2, 0.25) is 11.8 Å². The average Bonchev–Trinajstić information content (AvgIpc) is 3.58. The van der Waals surface area contributed by atoms with Crippen molar-refractivity contribution in [1.29, 1.82) is 0 Å². The van der Waals surface area contributed by atoms with Crippen molar-refractivity contribution in [2.24, 2.45) is 0 Å². The van der Waals surface area contributed by atoms with Gasteiger partial charge in [0.25, 0.3) is 10.0 Å². The first-order valence-corrected chi connectivity index (χ1v) is 18.0. The van der Waals surface area contributed by atoms with Crippen molar-refractivity contribution in [3.63, 3.8) is 0 Å². The minimum Gasteiger partial charge on any atom is -0.352 e. The van der Waals surface area contributed by atoms with Crippen LogP contribution in [0.2, 0.25) is 15.1 Å². The molecule has 0 aromatic heterocycles. The van der Waals surface area contributed by atoms with Gasteiger partial charge < -0.3 is 10.2 Å². The van der Waals surface area contributed by atoms with E-state index in [1.807, 2.05) is 30.3 Å². The van der Waals surface area contributed by atoms with Gasteiger partial charge in [-0.3, -0.25) is 13.9 Å². The molecular weight excluding hydrogens is 677 g/mol. The molecule has 47 heavy (non-hydrogen) atoms. The second-order valence-electron chi connectivity index (χ2n) is 11.7. The van der Waals surface area contributed by atoms with Gasteiger partial charge in [0.05, 0.1) is 10.6 Å². The quantitative estimate of drug-likeness (QED) is 0.162. The van der Waals surface area contributed by atoms with Crippen LogP contribution in [0.5, 0.6) is 0 Å². The third-order valence-corrected chi connectivity index (χ3v) is 11.3. The van der Waals surface area contributed by atoms with Crippen LogP contribution in [0.25, 0.3) is 0 Å².